The summed E-state index contributed by atoms with van der Waals surface area (Å²) in [5.41, 5.74) is 3.32. The van der Waals surface area contributed by atoms with E-state index in [2.05, 4.69) is 5.32 Å². The highest BCUT2D eigenvalue weighted by molar-refractivity contribution is 7.92. The molecule has 2 aromatic rings. The highest BCUT2D eigenvalue weighted by atomic mass is 35.5. The van der Waals surface area contributed by atoms with Crippen LogP contribution in [0.2, 0.25) is 10.0 Å². The van der Waals surface area contributed by atoms with Gasteiger partial charge in [-0.2, -0.15) is 0 Å². The van der Waals surface area contributed by atoms with Crippen LogP contribution in [0, 0.1) is 13.8 Å². The number of carbonyl (C=O) groups excluding carboxylic acids is 2. The number of hydrogen-bond acceptors (Lipinski definition) is 4. The van der Waals surface area contributed by atoms with E-state index >= 15 is 0 Å². The molecule has 0 radical (unpaired) electrons. The highest BCUT2D eigenvalue weighted by Gasteiger charge is 2.31. The van der Waals surface area contributed by atoms with Crippen molar-refractivity contribution in [1.82, 2.24) is 10.2 Å². The van der Waals surface area contributed by atoms with Crippen LogP contribution in [0.1, 0.15) is 68.6 Å². The lowest BCUT2D eigenvalue weighted by Gasteiger charge is -2.32. The monoisotopic (exact) mass is 595 g/mol. The summed E-state index contributed by atoms with van der Waals surface area (Å²) in [6.45, 7) is 6.08. The Morgan fingerprint density at radius 2 is 1.74 bits per heavy atom. The molecule has 0 heterocycles. The number of amides is 2. The van der Waals surface area contributed by atoms with E-state index in [0.29, 0.717) is 34.1 Å². The van der Waals surface area contributed by atoms with Crippen molar-refractivity contribution >= 4 is 50.7 Å². The minimum atomic E-state index is -3.56. The van der Waals surface area contributed by atoms with Gasteiger partial charge in [-0.25, -0.2) is 8.42 Å². The fraction of sp³-hybridized carbons (Fsp3) is 0.517. The molecule has 7 nitrogen and oxygen atoms in total. The quantitative estimate of drug-likeness (QED) is 0.325. The maximum absolute atomic E-state index is 13.6. The Morgan fingerprint density at radius 1 is 1.05 bits per heavy atom. The van der Waals surface area contributed by atoms with E-state index in [9.17, 15) is 18.0 Å². The normalized spacial score (nSPS) is 14.7. The smallest absolute Gasteiger partial charge is 0.243 e. The maximum atomic E-state index is 13.6. The lowest BCUT2D eigenvalue weighted by molar-refractivity contribution is -0.141. The summed E-state index contributed by atoms with van der Waals surface area (Å²) in [6.07, 6.45) is 6.04. The van der Waals surface area contributed by atoms with E-state index in [1.54, 1.807) is 29.2 Å². The first-order chi connectivity index (χ1) is 18.4. The second-order valence-corrected chi connectivity index (χ2v) is 13.1. The van der Waals surface area contributed by atoms with Crippen molar-refractivity contribution in [1.29, 1.82) is 0 Å². The highest BCUT2D eigenvalue weighted by Crippen LogP contribution is 2.26. The van der Waals surface area contributed by atoms with Gasteiger partial charge in [0.2, 0.25) is 21.8 Å². The Hall–Kier alpha value is -2.29. The number of rotatable bonds is 12. The van der Waals surface area contributed by atoms with Gasteiger partial charge in [-0.15, -0.1) is 0 Å². The average molecular weight is 597 g/mol. The predicted octanol–water partition coefficient (Wildman–Crippen LogP) is 6.02. The number of aryl methyl sites for hydroxylation is 2. The van der Waals surface area contributed by atoms with Crippen molar-refractivity contribution in [2.75, 3.05) is 17.1 Å². The lowest BCUT2D eigenvalue weighted by Crippen LogP contribution is -2.51. The van der Waals surface area contributed by atoms with Crippen LogP contribution in [-0.2, 0) is 26.2 Å². The maximum Gasteiger partial charge on any atom is 0.243 e. The molecule has 0 saturated heterocycles. The summed E-state index contributed by atoms with van der Waals surface area (Å²) in [4.78, 5) is 28.5. The van der Waals surface area contributed by atoms with Gasteiger partial charge in [-0.3, -0.25) is 13.9 Å². The van der Waals surface area contributed by atoms with Crippen LogP contribution in [0.3, 0.4) is 0 Å². The van der Waals surface area contributed by atoms with E-state index in [1.165, 1.54) is 10.6 Å². The van der Waals surface area contributed by atoms with Crippen LogP contribution >= 0.6 is 23.2 Å². The van der Waals surface area contributed by atoms with E-state index in [4.69, 9.17) is 23.2 Å². The van der Waals surface area contributed by atoms with Crippen LogP contribution in [-0.4, -0.2) is 50.0 Å². The first kappa shape index (κ1) is 31.2. The van der Waals surface area contributed by atoms with Gasteiger partial charge in [0.1, 0.15) is 6.04 Å². The molecule has 0 aromatic heterocycles. The average Bonchev–Trinajstić information content (AvgIpc) is 3.37. The molecule has 0 bridgehead atoms. The summed E-state index contributed by atoms with van der Waals surface area (Å²) in [5.74, 6) is -0.404. The van der Waals surface area contributed by atoms with Crippen molar-refractivity contribution in [2.24, 2.45) is 0 Å². The number of carbonyl (C=O) groups is 2. The summed E-state index contributed by atoms with van der Waals surface area (Å²) < 4.78 is 26.5. The van der Waals surface area contributed by atoms with Gasteiger partial charge in [-0.1, -0.05) is 55.1 Å². The van der Waals surface area contributed by atoms with E-state index in [-0.39, 0.29) is 37.4 Å². The first-order valence-corrected chi connectivity index (χ1v) is 16.1. The number of anilines is 1. The zero-order valence-electron chi connectivity index (χ0n) is 23.2. The SMILES string of the molecule is CC[C@@H](C(=O)NC1CCCC1)N(Cc1ccc(Cl)cc1Cl)C(=O)CCCN(c1ccc(C)c(C)c1)S(C)(=O)=O. The number of nitrogens with one attached hydrogen (secondary N) is 1. The van der Waals surface area contributed by atoms with E-state index in [1.807, 2.05) is 32.9 Å². The van der Waals surface area contributed by atoms with E-state index < -0.39 is 16.1 Å². The third kappa shape index (κ3) is 8.60. The molecule has 214 valence electrons. The van der Waals surface area contributed by atoms with Crippen molar-refractivity contribution in [3.63, 3.8) is 0 Å². The molecule has 1 saturated carbocycles. The van der Waals surface area contributed by atoms with Crippen LogP contribution in [0.5, 0.6) is 0 Å². The molecular weight excluding hydrogens is 557 g/mol. The summed E-state index contributed by atoms with van der Waals surface area (Å²) in [7, 11) is -3.56. The Bertz CT molecular complexity index is 1280. The minimum absolute atomic E-state index is 0.0787. The standard InChI is InChI=1S/C29H39Cl2N3O4S/c1-5-27(29(36)32-24-9-6-7-10-24)33(19-22-13-14-23(30)18-26(22)31)28(35)11-8-16-34(39(4,37)38)25-15-12-20(2)21(3)17-25/h12-15,17-18,24,27H,5-11,16,19H2,1-4H3,(H,32,36)/t27-/m0/s1. The molecule has 3 rings (SSSR count). The molecule has 39 heavy (non-hydrogen) atoms. The Morgan fingerprint density at radius 3 is 2.33 bits per heavy atom. The summed E-state index contributed by atoms with van der Waals surface area (Å²) in [6, 6.07) is 10.1. The van der Waals surface area contributed by atoms with Gasteiger partial charge in [0.25, 0.3) is 0 Å². The molecule has 2 amide bonds. The number of benzene rings is 2. The van der Waals surface area contributed by atoms with Gasteiger partial charge in [0.05, 0.1) is 11.9 Å². The van der Waals surface area contributed by atoms with Crippen molar-refractivity contribution in [3.05, 3.63) is 63.1 Å². The molecule has 2 aromatic carbocycles. The zero-order chi connectivity index (χ0) is 28.7. The van der Waals surface area contributed by atoms with Gasteiger partial charge in [-0.05, 0) is 80.5 Å². The Labute approximate surface area is 242 Å². The largest absolute Gasteiger partial charge is 0.352 e. The molecule has 10 heteroatoms. The molecule has 1 N–H and O–H groups in total. The Balaban J connectivity index is 1.79. The number of sulfonamides is 1. The second kappa shape index (κ2) is 13.9. The van der Waals surface area contributed by atoms with Crippen LogP contribution in [0.15, 0.2) is 36.4 Å². The topological polar surface area (TPSA) is 86.8 Å². The molecule has 1 aliphatic rings. The number of hydrogen-bond donors (Lipinski definition) is 1. The fourth-order valence-corrected chi connectivity index (χ4v) is 6.43. The first-order valence-electron chi connectivity index (χ1n) is 13.5. The predicted molar refractivity (Wildman–Crippen MR) is 159 cm³/mol. The van der Waals surface area contributed by atoms with Crippen LogP contribution < -0.4 is 9.62 Å². The molecule has 0 aliphatic heterocycles. The minimum Gasteiger partial charge on any atom is -0.352 e. The molecular formula is C29H39Cl2N3O4S. The fourth-order valence-electron chi connectivity index (χ4n) is 5.01. The van der Waals surface area contributed by atoms with Gasteiger partial charge in [0.15, 0.2) is 0 Å². The van der Waals surface area contributed by atoms with Crippen LogP contribution in [0.4, 0.5) is 5.69 Å². The number of halogens is 2. The van der Waals surface area contributed by atoms with Crippen molar-refractivity contribution in [2.45, 2.75) is 84.3 Å². The molecule has 1 aliphatic carbocycles. The van der Waals surface area contributed by atoms with Crippen LogP contribution in [0.25, 0.3) is 0 Å². The van der Waals surface area contributed by atoms with Gasteiger partial charge < -0.3 is 10.2 Å². The zero-order valence-corrected chi connectivity index (χ0v) is 25.5. The Kier molecular flexibility index (Phi) is 11.1. The van der Waals surface area contributed by atoms with Gasteiger partial charge >= 0.3 is 0 Å². The second-order valence-electron chi connectivity index (χ2n) is 10.4. The third-order valence-corrected chi connectivity index (χ3v) is 9.15. The third-order valence-electron chi connectivity index (χ3n) is 7.37. The summed E-state index contributed by atoms with van der Waals surface area (Å²) in [5, 5.41) is 4.03. The van der Waals surface area contributed by atoms with E-state index in [0.717, 1.165) is 36.8 Å². The molecule has 1 atom stereocenters. The van der Waals surface area contributed by atoms with Crippen molar-refractivity contribution in [3.8, 4) is 0 Å². The van der Waals surface area contributed by atoms with Gasteiger partial charge in [0, 0.05) is 35.6 Å². The molecule has 1 fully saturated rings. The van der Waals surface area contributed by atoms with Crippen molar-refractivity contribution < 1.29 is 18.0 Å². The number of nitrogens with zero attached hydrogens (tertiary/aromatic N) is 2. The molecule has 0 unspecified atom stereocenters. The summed E-state index contributed by atoms with van der Waals surface area (Å²) >= 11 is 12.5. The lowest BCUT2D eigenvalue weighted by atomic mass is 10.1. The molecule has 0 spiro atoms.